The van der Waals surface area contributed by atoms with Crippen LogP contribution in [0.25, 0.3) is 11.3 Å². The first-order valence-electron chi connectivity index (χ1n) is 14.3. The third kappa shape index (κ3) is 5.27. The van der Waals surface area contributed by atoms with E-state index in [9.17, 15) is 18.4 Å². The molecule has 2 amide bonds. The number of hydrogen-bond acceptors (Lipinski definition) is 4. The largest absolute Gasteiger partial charge is 0.324 e. The Labute approximate surface area is 232 Å². The minimum absolute atomic E-state index is 0.0556. The highest BCUT2D eigenvalue weighted by Crippen LogP contribution is 2.49. The number of aromatic nitrogens is 2. The summed E-state index contributed by atoms with van der Waals surface area (Å²) in [6.45, 7) is 3.37. The van der Waals surface area contributed by atoms with E-state index in [2.05, 4.69) is 10.3 Å². The van der Waals surface area contributed by atoms with Crippen LogP contribution in [-0.2, 0) is 6.54 Å². The molecule has 7 nitrogen and oxygen atoms in total. The molecule has 1 aliphatic carbocycles. The SMILES string of the molecule is O=C(N1CCC(Cn2cnc(-c3ccccc3)cc2=O)C2(CCCC2)C1)N1CCNC[C@H]1c1cc(F)cc(F)c1. The maximum Gasteiger partial charge on any atom is 0.320 e. The number of urea groups is 1. The first kappa shape index (κ1) is 26.6. The van der Waals surface area contributed by atoms with Gasteiger partial charge in [0.15, 0.2) is 0 Å². The van der Waals surface area contributed by atoms with Crippen LogP contribution < -0.4 is 10.9 Å². The number of carbonyl (C=O) groups excluding carboxylic acids is 1. The lowest BCUT2D eigenvalue weighted by Gasteiger charge is -2.49. The lowest BCUT2D eigenvalue weighted by molar-refractivity contribution is 0.0234. The van der Waals surface area contributed by atoms with Gasteiger partial charge in [-0.15, -0.1) is 0 Å². The Hall–Kier alpha value is -3.59. The number of likely N-dealkylation sites (tertiary alicyclic amines) is 1. The molecule has 3 fully saturated rings. The van der Waals surface area contributed by atoms with Crippen molar-refractivity contribution in [1.29, 1.82) is 0 Å². The van der Waals surface area contributed by atoms with Crippen LogP contribution in [-0.4, -0.2) is 58.1 Å². The predicted molar refractivity (Wildman–Crippen MR) is 149 cm³/mol. The topological polar surface area (TPSA) is 70.5 Å². The van der Waals surface area contributed by atoms with Gasteiger partial charge < -0.3 is 15.1 Å². The summed E-state index contributed by atoms with van der Waals surface area (Å²) in [6, 6.07) is 14.3. The Morgan fingerprint density at radius 3 is 2.50 bits per heavy atom. The zero-order valence-corrected chi connectivity index (χ0v) is 22.6. The number of rotatable bonds is 4. The van der Waals surface area contributed by atoms with Crippen molar-refractivity contribution in [3.63, 3.8) is 0 Å². The van der Waals surface area contributed by atoms with Crippen LogP contribution in [0.2, 0.25) is 0 Å². The Kier molecular flexibility index (Phi) is 7.40. The van der Waals surface area contributed by atoms with Crippen molar-refractivity contribution in [1.82, 2.24) is 24.7 Å². The summed E-state index contributed by atoms with van der Waals surface area (Å²) in [7, 11) is 0. The number of benzene rings is 2. The molecule has 3 aliphatic rings. The van der Waals surface area contributed by atoms with E-state index in [1.807, 2.05) is 35.2 Å². The molecule has 2 atom stereocenters. The molecule has 2 saturated heterocycles. The molecule has 1 saturated carbocycles. The summed E-state index contributed by atoms with van der Waals surface area (Å²) < 4.78 is 29.8. The number of piperazine rings is 1. The van der Waals surface area contributed by atoms with Crippen LogP contribution in [0.1, 0.15) is 43.7 Å². The molecule has 1 unspecified atom stereocenters. The van der Waals surface area contributed by atoms with Gasteiger partial charge in [0, 0.05) is 57.0 Å². The van der Waals surface area contributed by atoms with Gasteiger partial charge in [-0.1, -0.05) is 43.2 Å². The van der Waals surface area contributed by atoms with Crippen LogP contribution in [0.4, 0.5) is 13.6 Å². The molecule has 1 N–H and O–H groups in total. The minimum atomic E-state index is -0.639. The highest BCUT2D eigenvalue weighted by atomic mass is 19.1. The van der Waals surface area contributed by atoms with E-state index in [0.29, 0.717) is 50.5 Å². The molecule has 3 aromatic rings. The summed E-state index contributed by atoms with van der Waals surface area (Å²) in [6.07, 6.45) is 6.71. The van der Waals surface area contributed by atoms with Crippen molar-refractivity contribution in [3.05, 3.63) is 88.5 Å². The highest BCUT2D eigenvalue weighted by Gasteiger charge is 2.47. The van der Waals surface area contributed by atoms with Gasteiger partial charge >= 0.3 is 6.03 Å². The van der Waals surface area contributed by atoms with E-state index in [4.69, 9.17) is 0 Å². The third-order valence-electron chi connectivity index (χ3n) is 9.11. The number of nitrogens with zero attached hydrogens (tertiary/aromatic N) is 4. The van der Waals surface area contributed by atoms with E-state index in [1.165, 1.54) is 12.1 Å². The van der Waals surface area contributed by atoms with E-state index in [-0.39, 0.29) is 22.9 Å². The summed E-state index contributed by atoms with van der Waals surface area (Å²) >= 11 is 0. The second-order valence-corrected chi connectivity index (χ2v) is 11.5. The molecule has 210 valence electrons. The van der Waals surface area contributed by atoms with Gasteiger partial charge in [-0.05, 0) is 48.3 Å². The molecule has 9 heteroatoms. The van der Waals surface area contributed by atoms with Gasteiger partial charge in [-0.25, -0.2) is 18.6 Å². The second-order valence-electron chi connectivity index (χ2n) is 11.5. The fourth-order valence-corrected chi connectivity index (χ4v) is 7.05. The van der Waals surface area contributed by atoms with Crippen LogP contribution in [0.15, 0.2) is 65.7 Å². The molecule has 2 aromatic carbocycles. The fraction of sp³-hybridized carbons (Fsp3) is 0.452. The zero-order valence-electron chi connectivity index (χ0n) is 22.6. The first-order chi connectivity index (χ1) is 19.4. The molecule has 1 spiro atoms. The highest BCUT2D eigenvalue weighted by molar-refractivity contribution is 5.75. The lowest BCUT2D eigenvalue weighted by Crippen LogP contribution is -2.58. The average molecular weight is 548 g/mol. The lowest BCUT2D eigenvalue weighted by atomic mass is 9.69. The van der Waals surface area contributed by atoms with Crippen molar-refractivity contribution < 1.29 is 13.6 Å². The summed E-state index contributed by atoms with van der Waals surface area (Å²) in [5, 5.41) is 3.27. The molecule has 0 bridgehead atoms. The zero-order chi connectivity index (χ0) is 27.7. The maximum absolute atomic E-state index is 14.0. The van der Waals surface area contributed by atoms with Gasteiger partial charge in [0.25, 0.3) is 5.56 Å². The molecule has 6 rings (SSSR count). The van der Waals surface area contributed by atoms with Crippen molar-refractivity contribution >= 4 is 6.03 Å². The van der Waals surface area contributed by atoms with E-state index in [0.717, 1.165) is 43.7 Å². The number of hydrogen-bond donors (Lipinski definition) is 1. The van der Waals surface area contributed by atoms with Gasteiger partial charge in [0.2, 0.25) is 0 Å². The van der Waals surface area contributed by atoms with Gasteiger partial charge in [0.1, 0.15) is 11.6 Å². The maximum atomic E-state index is 14.0. The Balaban J connectivity index is 1.20. The van der Waals surface area contributed by atoms with Crippen LogP contribution in [0, 0.1) is 23.0 Å². The van der Waals surface area contributed by atoms with Gasteiger partial charge in [-0.2, -0.15) is 0 Å². The molecule has 0 radical (unpaired) electrons. The van der Waals surface area contributed by atoms with Crippen LogP contribution in [0.5, 0.6) is 0 Å². The first-order valence-corrected chi connectivity index (χ1v) is 14.3. The monoisotopic (exact) mass is 547 g/mol. The normalized spacial score (nSPS) is 22.6. The third-order valence-corrected chi connectivity index (χ3v) is 9.11. The van der Waals surface area contributed by atoms with Gasteiger partial charge in [-0.3, -0.25) is 9.36 Å². The van der Waals surface area contributed by atoms with Crippen molar-refractivity contribution in [2.24, 2.45) is 11.3 Å². The summed E-state index contributed by atoms with van der Waals surface area (Å²) in [4.78, 5) is 35.3. The number of halogens is 2. The number of nitrogens with one attached hydrogen (secondary N) is 1. The number of carbonyl (C=O) groups is 1. The molecular weight excluding hydrogens is 512 g/mol. The smallest absolute Gasteiger partial charge is 0.320 e. The van der Waals surface area contributed by atoms with E-state index >= 15 is 0 Å². The van der Waals surface area contributed by atoms with E-state index in [1.54, 1.807) is 21.9 Å². The molecule has 1 aromatic heterocycles. The molecule has 40 heavy (non-hydrogen) atoms. The Morgan fingerprint density at radius 2 is 1.77 bits per heavy atom. The molecular formula is C31H35F2N5O2. The minimum Gasteiger partial charge on any atom is -0.324 e. The Bertz CT molecular complexity index is 1400. The van der Waals surface area contributed by atoms with Crippen molar-refractivity contribution in [3.8, 4) is 11.3 Å². The number of piperidine rings is 1. The molecule has 3 heterocycles. The standard InChI is InChI=1S/C31H35F2N5O2/c32-25-14-23(15-26(33)16-25)28-18-34-11-13-38(28)30(40)36-12-8-24(31(20-36)9-4-5-10-31)19-37-21-35-27(17-29(37)39)22-6-2-1-3-7-22/h1-3,6-7,14-17,21,24,28,34H,4-5,8-13,18-20H2/t24?,28-/m0/s1. The summed E-state index contributed by atoms with van der Waals surface area (Å²) in [5.41, 5.74) is 1.93. The van der Waals surface area contributed by atoms with Crippen molar-refractivity contribution in [2.45, 2.75) is 44.7 Å². The van der Waals surface area contributed by atoms with Gasteiger partial charge in [0.05, 0.1) is 18.1 Å². The molecule has 2 aliphatic heterocycles. The fourth-order valence-electron chi connectivity index (χ4n) is 7.05. The predicted octanol–water partition coefficient (Wildman–Crippen LogP) is 4.84. The van der Waals surface area contributed by atoms with Crippen molar-refractivity contribution in [2.75, 3.05) is 32.7 Å². The van der Waals surface area contributed by atoms with Crippen LogP contribution in [0.3, 0.4) is 0 Å². The van der Waals surface area contributed by atoms with E-state index < -0.39 is 17.7 Å². The quantitative estimate of drug-likeness (QED) is 0.508. The second kappa shape index (κ2) is 11.1. The Morgan fingerprint density at radius 1 is 1.02 bits per heavy atom. The van der Waals surface area contributed by atoms with Crippen LogP contribution >= 0.6 is 0 Å². The average Bonchev–Trinajstić information content (AvgIpc) is 3.43. The number of amides is 2. The summed E-state index contributed by atoms with van der Waals surface area (Å²) in [5.74, 6) is -1.02.